The lowest BCUT2D eigenvalue weighted by Crippen LogP contribution is -2.57. The predicted octanol–water partition coefficient (Wildman–Crippen LogP) is 2.50. The van der Waals surface area contributed by atoms with Gasteiger partial charge in [-0.2, -0.15) is 0 Å². The molecule has 2 heteroatoms. The lowest BCUT2D eigenvalue weighted by molar-refractivity contribution is -0.0701. The van der Waals surface area contributed by atoms with Gasteiger partial charge in [-0.25, -0.2) is 0 Å². The van der Waals surface area contributed by atoms with Gasteiger partial charge in [0, 0.05) is 6.04 Å². The van der Waals surface area contributed by atoms with Crippen LogP contribution < -0.4 is 5.73 Å². The van der Waals surface area contributed by atoms with Gasteiger partial charge in [0.1, 0.15) is 0 Å². The number of ether oxygens (including phenoxy) is 1. The Morgan fingerprint density at radius 2 is 1.76 bits per heavy atom. The van der Waals surface area contributed by atoms with Crippen LogP contribution in [-0.4, -0.2) is 19.3 Å². The van der Waals surface area contributed by atoms with Gasteiger partial charge in [0.05, 0.1) is 18.6 Å². The quantitative estimate of drug-likeness (QED) is 0.867. The number of benzene rings is 1. The molecule has 0 bridgehead atoms. The van der Waals surface area contributed by atoms with Crippen molar-refractivity contribution in [2.45, 2.75) is 38.6 Å². The van der Waals surface area contributed by atoms with Crippen LogP contribution in [0.2, 0.25) is 0 Å². The molecule has 1 aromatic rings. The topological polar surface area (TPSA) is 35.2 Å². The van der Waals surface area contributed by atoms with E-state index in [0.29, 0.717) is 5.92 Å². The molecule has 1 fully saturated rings. The fourth-order valence-corrected chi connectivity index (χ4v) is 2.46. The fraction of sp³-hybridized carbons (Fsp3) is 0.600. The molecule has 94 valence electrons. The molecule has 0 aliphatic carbocycles. The summed E-state index contributed by atoms with van der Waals surface area (Å²) in [5.74, 6) is 0.704. The van der Waals surface area contributed by atoms with Crippen LogP contribution >= 0.6 is 0 Å². The summed E-state index contributed by atoms with van der Waals surface area (Å²) < 4.78 is 5.37. The summed E-state index contributed by atoms with van der Waals surface area (Å²) in [7, 11) is 0. The van der Waals surface area contributed by atoms with Gasteiger partial charge in [0.15, 0.2) is 0 Å². The molecule has 1 aliphatic rings. The summed E-state index contributed by atoms with van der Waals surface area (Å²) in [6.07, 6.45) is 1.14. The molecule has 17 heavy (non-hydrogen) atoms. The van der Waals surface area contributed by atoms with Crippen molar-refractivity contribution in [3.63, 3.8) is 0 Å². The second kappa shape index (κ2) is 4.79. The molecule has 2 N–H and O–H groups in total. The summed E-state index contributed by atoms with van der Waals surface area (Å²) in [6.45, 7) is 8.08. The number of hydrogen-bond acceptors (Lipinski definition) is 2. The van der Waals surface area contributed by atoms with E-state index in [9.17, 15) is 0 Å². The van der Waals surface area contributed by atoms with Crippen molar-refractivity contribution < 1.29 is 4.74 Å². The SMILES string of the molecule is CC(C)Cc1ccc(C2(C(C)N)COC2)cc1. The number of nitrogens with two attached hydrogens (primary N) is 1. The van der Waals surface area contributed by atoms with Crippen LogP contribution in [-0.2, 0) is 16.6 Å². The van der Waals surface area contributed by atoms with Gasteiger partial charge in [-0.15, -0.1) is 0 Å². The predicted molar refractivity (Wildman–Crippen MR) is 71.1 cm³/mol. The molecule has 0 spiro atoms. The average molecular weight is 233 g/mol. The molecular formula is C15H23NO. The third-order valence-electron chi connectivity index (χ3n) is 3.76. The van der Waals surface area contributed by atoms with Gasteiger partial charge in [-0.05, 0) is 30.4 Å². The van der Waals surface area contributed by atoms with Gasteiger partial charge >= 0.3 is 0 Å². The van der Waals surface area contributed by atoms with Crippen LogP contribution in [0.4, 0.5) is 0 Å². The van der Waals surface area contributed by atoms with E-state index in [1.54, 1.807) is 0 Å². The Labute approximate surface area is 104 Å². The van der Waals surface area contributed by atoms with Crippen LogP contribution in [0, 0.1) is 5.92 Å². The zero-order valence-corrected chi connectivity index (χ0v) is 11.1. The van der Waals surface area contributed by atoms with Crippen LogP contribution in [0.3, 0.4) is 0 Å². The molecular weight excluding hydrogens is 210 g/mol. The van der Waals surface area contributed by atoms with Gasteiger partial charge < -0.3 is 10.5 Å². The molecule has 0 saturated carbocycles. The molecule has 2 rings (SSSR count). The van der Waals surface area contributed by atoms with Crippen LogP contribution in [0.5, 0.6) is 0 Å². The maximum atomic E-state index is 6.10. The molecule has 2 nitrogen and oxygen atoms in total. The minimum absolute atomic E-state index is 0.0519. The Bertz CT molecular complexity index is 363. The molecule has 1 aliphatic heterocycles. The van der Waals surface area contributed by atoms with E-state index >= 15 is 0 Å². The Hall–Kier alpha value is -0.860. The van der Waals surface area contributed by atoms with Crippen LogP contribution in [0.15, 0.2) is 24.3 Å². The van der Waals surface area contributed by atoms with Gasteiger partial charge in [-0.1, -0.05) is 38.1 Å². The maximum absolute atomic E-state index is 6.10. The minimum Gasteiger partial charge on any atom is -0.379 e. The third-order valence-corrected chi connectivity index (χ3v) is 3.76. The van der Waals surface area contributed by atoms with Crippen molar-refractivity contribution >= 4 is 0 Å². The molecule has 1 unspecified atom stereocenters. The highest BCUT2D eigenvalue weighted by Gasteiger charge is 2.43. The Morgan fingerprint density at radius 1 is 1.18 bits per heavy atom. The fourth-order valence-electron chi connectivity index (χ4n) is 2.46. The zero-order valence-electron chi connectivity index (χ0n) is 11.1. The maximum Gasteiger partial charge on any atom is 0.0600 e. The molecule has 1 aromatic carbocycles. The van der Waals surface area contributed by atoms with E-state index in [0.717, 1.165) is 19.6 Å². The highest BCUT2D eigenvalue weighted by Crippen LogP contribution is 2.35. The normalized spacial score (nSPS) is 20.1. The van der Waals surface area contributed by atoms with E-state index in [-0.39, 0.29) is 11.5 Å². The van der Waals surface area contributed by atoms with E-state index < -0.39 is 0 Å². The lowest BCUT2D eigenvalue weighted by Gasteiger charge is -2.45. The number of rotatable bonds is 4. The van der Waals surface area contributed by atoms with Gasteiger partial charge in [-0.3, -0.25) is 0 Å². The van der Waals surface area contributed by atoms with Crippen molar-refractivity contribution in [2.75, 3.05) is 13.2 Å². The monoisotopic (exact) mass is 233 g/mol. The molecule has 1 atom stereocenters. The highest BCUT2D eigenvalue weighted by atomic mass is 16.5. The highest BCUT2D eigenvalue weighted by molar-refractivity contribution is 5.33. The smallest absolute Gasteiger partial charge is 0.0600 e. The molecule has 0 aromatic heterocycles. The Balaban J connectivity index is 2.17. The lowest BCUT2D eigenvalue weighted by atomic mass is 9.73. The Morgan fingerprint density at radius 3 is 2.12 bits per heavy atom. The van der Waals surface area contributed by atoms with Crippen molar-refractivity contribution in [1.82, 2.24) is 0 Å². The van der Waals surface area contributed by atoms with E-state index in [2.05, 4.69) is 45.0 Å². The van der Waals surface area contributed by atoms with Gasteiger partial charge in [0.25, 0.3) is 0 Å². The van der Waals surface area contributed by atoms with Gasteiger partial charge in [0.2, 0.25) is 0 Å². The van der Waals surface area contributed by atoms with Crippen LogP contribution in [0.1, 0.15) is 31.9 Å². The van der Waals surface area contributed by atoms with E-state index in [1.165, 1.54) is 11.1 Å². The van der Waals surface area contributed by atoms with Crippen LogP contribution in [0.25, 0.3) is 0 Å². The van der Waals surface area contributed by atoms with E-state index in [4.69, 9.17) is 10.5 Å². The third kappa shape index (κ3) is 2.38. The standard InChI is InChI=1S/C15H23NO/c1-11(2)8-13-4-6-14(7-5-13)15(12(3)16)9-17-10-15/h4-7,11-12H,8-10,16H2,1-3H3. The molecule has 0 amide bonds. The number of hydrogen-bond donors (Lipinski definition) is 1. The van der Waals surface area contributed by atoms with E-state index in [1.807, 2.05) is 0 Å². The minimum atomic E-state index is 0.0519. The largest absolute Gasteiger partial charge is 0.379 e. The first-order valence-corrected chi connectivity index (χ1v) is 6.47. The summed E-state index contributed by atoms with van der Waals surface area (Å²) in [5, 5.41) is 0. The Kier molecular flexibility index (Phi) is 3.55. The second-order valence-corrected chi connectivity index (χ2v) is 5.73. The second-order valence-electron chi connectivity index (χ2n) is 5.73. The average Bonchev–Trinajstić information content (AvgIpc) is 2.17. The molecule has 1 heterocycles. The summed E-state index contributed by atoms with van der Waals surface area (Å²) in [5.41, 5.74) is 8.89. The summed E-state index contributed by atoms with van der Waals surface area (Å²) >= 11 is 0. The van der Waals surface area contributed by atoms with Crippen molar-refractivity contribution in [1.29, 1.82) is 0 Å². The van der Waals surface area contributed by atoms with Crippen molar-refractivity contribution in [3.8, 4) is 0 Å². The van der Waals surface area contributed by atoms with Crippen molar-refractivity contribution in [2.24, 2.45) is 11.7 Å². The van der Waals surface area contributed by atoms with Crippen molar-refractivity contribution in [3.05, 3.63) is 35.4 Å². The molecule has 0 radical (unpaired) electrons. The molecule has 1 saturated heterocycles. The first kappa shape index (κ1) is 12.6. The first-order valence-electron chi connectivity index (χ1n) is 6.47. The zero-order chi connectivity index (χ0) is 12.5. The first-order chi connectivity index (χ1) is 8.04. The summed E-state index contributed by atoms with van der Waals surface area (Å²) in [4.78, 5) is 0. The summed E-state index contributed by atoms with van der Waals surface area (Å²) in [6, 6.07) is 9.06.